The maximum absolute atomic E-state index is 12.5. The first-order chi connectivity index (χ1) is 27.7. The van der Waals surface area contributed by atoms with E-state index in [-0.39, 0.29) is 35.1 Å². The van der Waals surface area contributed by atoms with Gasteiger partial charge in [-0.2, -0.15) is 0 Å². The van der Waals surface area contributed by atoms with Crippen molar-refractivity contribution in [3.8, 4) is 0 Å². The SMILES string of the molecule is Cc1cc(=O)[nH]c(NC(=O)NCCCCCCNC(=O)NCCC[Si](C)(C)O[Si](C)(C)O[Si](C)(C)CNC(=O)NCCCCCCNC(=O)Nc2nc(C)cc(=O)[nH]2)n1. The maximum Gasteiger partial charge on any atom is 0.321 e. The molecule has 10 N–H and O–H groups in total. The lowest BCUT2D eigenvalue weighted by Gasteiger charge is -2.38. The Bertz CT molecular complexity index is 1760. The van der Waals surface area contributed by atoms with Crippen LogP contribution in [0, 0.1) is 13.8 Å². The number of carbonyl (C=O) groups is 4. The lowest BCUT2D eigenvalue weighted by atomic mass is 10.2. The number of hydrogen-bond acceptors (Lipinski definition) is 10. The van der Waals surface area contributed by atoms with Crippen LogP contribution in [-0.4, -0.2) is 108 Å². The number of unbranched alkanes of at least 4 members (excludes halogenated alkanes) is 6. The highest BCUT2D eigenvalue weighted by Crippen LogP contribution is 2.23. The average molecular weight is 881 g/mol. The molecule has 59 heavy (non-hydrogen) atoms. The molecule has 0 aliphatic heterocycles. The molecule has 0 aliphatic rings. The summed E-state index contributed by atoms with van der Waals surface area (Å²) >= 11 is 0. The van der Waals surface area contributed by atoms with Crippen LogP contribution >= 0.6 is 0 Å². The van der Waals surface area contributed by atoms with E-state index in [1.807, 2.05) is 0 Å². The first kappa shape index (κ1) is 50.6. The molecule has 0 aliphatic carbocycles. The molecule has 0 fully saturated rings. The van der Waals surface area contributed by atoms with Crippen molar-refractivity contribution in [2.45, 2.75) is 117 Å². The summed E-state index contributed by atoms with van der Waals surface area (Å²) in [4.78, 5) is 84.8. The number of anilines is 2. The Morgan fingerprint density at radius 3 is 1.29 bits per heavy atom. The highest BCUT2D eigenvalue weighted by molar-refractivity contribution is 6.88. The van der Waals surface area contributed by atoms with Crippen LogP contribution in [0.1, 0.15) is 69.2 Å². The van der Waals surface area contributed by atoms with Crippen molar-refractivity contribution in [2.24, 2.45) is 0 Å². The molecule has 23 heteroatoms. The van der Waals surface area contributed by atoms with E-state index in [2.05, 4.69) is 102 Å². The van der Waals surface area contributed by atoms with E-state index in [9.17, 15) is 28.8 Å². The van der Waals surface area contributed by atoms with Crippen LogP contribution in [0.5, 0.6) is 0 Å². The van der Waals surface area contributed by atoms with E-state index in [4.69, 9.17) is 8.23 Å². The quantitative estimate of drug-likeness (QED) is 0.0475. The number of hydrogen-bond donors (Lipinski definition) is 10. The number of urea groups is 4. The van der Waals surface area contributed by atoms with Crippen LogP contribution in [0.15, 0.2) is 21.7 Å². The number of aromatic amines is 2. The second-order valence-corrected chi connectivity index (χ2v) is 28.4. The molecule has 2 aromatic rings. The number of amides is 8. The lowest BCUT2D eigenvalue weighted by Crippen LogP contribution is -2.56. The fraction of sp³-hybridized carbons (Fsp3) is 0.667. The van der Waals surface area contributed by atoms with Gasteiger partial charge in [-0.05, 0) is 91.3 Å². The van der Waals surface area contributed by atoms with Crippen LogP contribution in [0.4, 0.5) is 31.1 Å². The molecular formula is C36H68N12O8Si3. The van der Waals surface area contributed by atoms with Gasteiger partial charge in [0.15, 0.2) is 16.6 Å². The second kappa shape index (κ2) is 25.8. The number of rotatable bonds is 26. The third-order valence-electron chi connectivity index (χ3n) is 8.51. The number of H-pyrrole nitrogens is 2. The van der Waals surface area contributed by atoms with Gasteiger partial charge in [0.05, 0.1) is 0 Å². The van der Waals surface area contributed by atoms with Gasteiger partial charge >= 0.3 is 32.7 Å². The van der Waals surface area contributed by atoms with Crippen molar-refractivity contribution in [3.05, 3.63) is 44.2 Å². The molecule has 0 atom stereocenters. The van der Waals surface area contributed by atoms with E-state index in [1.165, 1.54) is 12.1 Å². The molecule has 0 aromatic carbocycles. The van der Waals surface area contributed by atoms with Crippen molar-refractivity contribution in [1.29, 1.82) is 0 Å². The fourth-order valence-corrected chi connectivity index (χ4v) is 19.7. The smallest absolute Gasteiger partial charge is 0.321 e. The lowest BCUT2D eigenvalue weighted by molar-refractivity contribution is 0.240. The van der Waals surface area contributed by atoms with Crippen LogP contribution < -0.4 is 53.7 Å². The van der Waals surface area contributed by atoms with Crippen LogP contribution in [0.25, 0.3) is 0 Å². The van der Waals surface area contributed by atoms with E-state index in [1.54, 1.807) is 13.8 Å². The minimum atomic E-state index is -2.50. The predicted octanol–water partition coefficient (Wildman–Crippen LogP) is 4.21. The third kappa shape index (κ3) is 24.8. The Hall–Kier alpha value is -4.59. The van der Waals surface area contributed by atoms with Gasteiger partial charge < -0.3 is 40.1 Å². The third-order valence-corrected chi connectivity index (χ3v) is 19.5. The molecule has 0 unspecified atom stereocenters. The molecule has 20 nitrogen and oxygen atoms in total. The molecule has 2 heterocycles. The minimum absolute atomic E-state index is 0.105. The molecule has 0 saturated heterocycles. The summed E-state index contributed by atoms with van der Waals surface area (Å²) in [5.41, 5.74) is 0.367. The number of nitrogens with one attached hydrogen (secondary N) is 10. The summed E-state index contributed by atoms with van der Waals surface area (Å²) in [5.74, 6) is 0.212. The first-order valence-electron chi connectivity index (χ1n) is 20.4. The molecular weight excluding hydrogens is 813 g/mol. The summed E-state index contributed by atoms with van der Waals surface area (Å²) in [6.45, 7) is 18.5. The number of nitrogens with zero attached hydrogens (tertiary/aromatic N) is 2. The standard InChI is InChI=1S/C36H68N12O8Si3/c1-27-24-29(49)45-31(43-27)47-35(53)40-20-15-11-9-13-18-37-33(51)39-22-17-23-57(3,4)55-59(7,8)56-58(5,6)26-42-34(52)38-19-14-10-12-16-21-41-36(54)48-32-44-28(2)25-30(50)46-32/h24-25H,9-23,26H2,1-8H3,(H2,37,39,51)(H2,38,42,52)(H3,40,43,45,47,49,53)(H3,41,44,46,48,50,54). The first-order valence-corrected chi connectivity index (χ1v) is 29.5. The van der Waals surface area contributed by atoms with Gasteiger partial charge in [0.1, 0.15) is 0 Å². The fourth-order valence-electron chi connectivity index (χ4n) is 6.17. The molecule has 8 amide bonds. The van der Waals surface area contributed by atoms with E-state index < -0.39 is 37.3 Å². The molecule has 0 spiro atoms. The van der Waals surface area contributed by atoms with Gasteiger partial charge in [-0.3, -0.25) is 30.2 Å². The molecule has 0 saturated carbocycles. The Balaban J connectivity index is 1.48. The van der Waals surface area contributed by atoms with E-state index in [0.29, 0.717) is 50.3 Å². The number of aromatic nitrogens is 4. The summed E-state index contributed by atoms with van der Waals surface area (Å²) in [7, 11) is -6.87. The van der Waals surface area contributed by atoms with Gasteiger partial charge in [-0.1, -0.05) is 25.7 Å². The van der Waals surface area contributed by atoms with Crippen molar-refractivity contribution >= 4 is 61.2 Å². The zero-order valence-corrected chi connectivity index (χ0v) is 39.1. The normalized spacial score (nSPS) is 11.7. The summed E-state index contributed by atoms with van der Waals surface area (Å²) in [5, 5.41) is 22.2. The summed E-state index contributed by atoms with van der Waals surface area (Å²) < 4.78 is 13.3. The zero-order valence-electron chi connectivity index (χ0n) is 36.1. The van der Waals surface area contributed by atoms with Gasteiger partial charge in [0.2, 0.25) is 11.9 Å². The van der Waals surface area contributed by atoms with Crippen molar-refractivity contribution in [3.63, 3.8) is 0 Å². The van der Waals surface area contributed by atoms with Crippen molar-refractivity contribution in [1.82, 2.24) is 51.8 Å². The van der Waals surface area contributed by atoms with Crippen LogP contribution in [0.3, 0.4) is 0 Å². The maximum atomic E-state index is 12.5. The van der Waals surface area contributed by atoms with Gasteiger partial charge in [-0.15, -0.1) is 0 Å². The molecule has 332 valence electrons. The Labute approximate surface area is 350 Å². The minimum Gasteiger partial charge on any atom is -0.437 e. The van der Waals surface area contributed by atoms with Gasteiger partial charge in [0.25, 0.3) is 11.1 Å². The number of carbonyl (C=O) groups excluding carboxylic acids is 4. The van der Waals surface area contributed by atoms with Crippen molar-refractivity contribution in [2.75, 3.05) is 49.5 Å². The van der Waals surface area contributed by atoms with Crippen molar-refractivity contribution < 1.29 is 27.4 Å². The number of aryl methyl sites for hydroxylation is 2. The van der Waals surface area contributed by atoms with E-state index >= 15 is 0 Å². The predicted molar refractivity (Wildman–Crippen MR) is 237 cm³/mol. The topological polar surface area (TPSA) is 274 Å². The zero-order chi connectivity index (χ0) is 43.9. The monoisotopic (exact) mass is 880 g/mol. The molecule has 2 rings (SSSR count). The van der Waals surface area contributed by atoms with Gasteiger partial charge in [-0.25, -0.2) is 29.1 Å². The van der Waals surface area contributed by atoms with E-state index in [0.717, 1.165) is 63.8 Å². The second-order valence-electron chi connectivity index (χ2n) is 16.1. The van der Waals surface area contributed by atoms with Gasteiger partial charge in [0, 0.05) is 62.4 Å². The Morgan fingerprint density at radius 2 is 0.881 bits per heavy atom. The Kier molecular flexibility index (Phi) is 22.1. The average Bonchev–Trinajstić information content (AvgIpc) is 3.09. The highest BCUT2D eigenvalue weighted by atomic mass is 28.5. The molecule has 0 bridgehead atoms. The summed E-state index contributed by atoms with van der Waals surface area (Å²) in [6, 6.07) is 2.26. The molecule has 0 radical (unpaired) electrons. The molecule has 2 aromatic heterocycles. The van der Waals surface area contributed by atoms with Crippen LogP contribution in [0.2, 0.25) is 45.3 Å². The largest absolute Gasteiger partial charge is 0.437 e. The summed E-state index contributed by atoms with van der Waals surface area (Å²) in [6.07, 6.45) is 8.02. The highest BCUT2D eigenvalue weighted by Gasteiger charge is 2.39. The van der Waals surface area contributed by atoms with Crippen LogP contribution in [-0.2, 0) is 8.23 Å². The Morgan fingerprint density at radius 1 is 0.525 bits per heavy atom.